The molecule has 0 aromatic heterocycles. The fraction of sp³-hybridized carbons (Fsp3) is 1.00. The first-order valence-corrected chi connectivity index (χ1v) is 12.2. The summed E-state index contributed by atoms with van der Waals surface area (Å²) in [7, 11) is -4.64. The van der Waals surface area contributed by atoms with Crippen molar-refractivity contribution in [2.45, 2.75) is 114 Å². The quantitative estimate of drug-likeness (QED) is 0.137. The van der Waals surface area contributed by atoms with Crippen molar-refractivity contribution in [1.82, 2.24) is 0 Å². The van der Waals surface area contributed by atoms with Crippen molar-refractivity contribution < 1.29 is 18.9 Å². The second kappa shape index (κ2) is 15.7. The van der Waals surface area contributed by atoms with Gasteiger partial charge in [-0.05, 0) is 6.42 Å². The molecule has 0 rings (SSSR count). The van der Waals surface area contributed by atoms with Crippen molar-refractivity contribution >= 4 is 31.0 Å². The van der Waals surface area contributed by atoms with Crippen LogP contribution in [0.4, 0.5) is 0 Å². The van der Waals surface area contributed by atoms with E-state index in [9.17, 15) is 4.57 Å². The molecule has 0 heterocycles. The van der Waals surface area contributed by atoms with Gasteiger partial charge in [-0.3, -0.25) is 0 Å². The summed E-state index contributed by atoms with van der Waals surface area (Å²) in [4.78, 5) is 17.4. The van der Waals surface area contributed by atoms with Gasteiger partial charge >= 0.3 is 7.82 Å². The molecule has 4 nitrogen and oxygen atoms in total. The van der Waals surface area contributed by atoms with Crippen LogP contribution in [0.2, 0.25) is 0 Å². The number of hydrogen-bond donors (Lipinski definition) is 2. The first kappa shape index (κ1) is 25.7. The Bertz CT molecular complexity index is 348. The molecule has 0 saturated carbocycles. The molecule has 0 aliphatic carbocycles. The van der Waals surface area contributed by atoms with Crippen LogP contribution >= 0.6 is 31.0 Å². The fourth-order valence-electron chi connectivity index (χ4n) is 2.92. The Hall–Kier alpha value is 0.690. The molecule has 0 radical (unpaired) electrons. The van der Waals surface area contributed by atoms with Gasteiger partial charge in [0.25, 0.3) is 0 Å². The van der Waals surface area contributed by atoms with Crippen LogP contribution in [0.3, 0.4) is 0 Å². The van der Waals surface area contributed by atoms with Crippen LogP contribution in [-0.2, 0) is 9.09 Å². The van der Waals surface area contributed by atoms with Crippen LogP contribution in [0.1, 0.15) is 110 Å². The molecule has 0 aromatic carbocycles. The van der Waals surface area contributed by atoms with Crippen LogP contribution in [-0.4, -0.2) is 14.3 Å². The number of hydrogen-bond acceptors (Lipinski definition) is 2. The lowest BCUT2D eigenvalue weighted by molar-refractivity contribution is 0.148. The molecule has 0 atom stereocenters. The minimum Gasteiger partial charge on any atom is -0.303 e. The second-order valence-corrected chi connectivity index (χ2v) is 9.50. The van der Waals surface area contributed by atoms with E-state index in [1.165, 1.54) is 77.0 Å². The zero-order chi connectivity index (χ0) is 19.0. The molecule has 0 aliphatic heterocycles. The van der Waals surface area contributed by atoms with Gasteiger partial charge < -0.3 is 9.79 Å². The van der Waals surface area contributed by atoms with E-state index in [-0.39, 0.29) is 6.42 Å². The van der Waals surface area contributed by atoms with Gasteiger partial charge in [-0.25, -0.2) is 9.09 Å². The van der Waals surface area contributed by atoms with E-state index in [2.05, 4.69) is 11.4 Å². The topological polar surface area (TPSA) is 66.8 Å². The van der Waals surface area contributed by atoms with Crippen molar-refractivity contribution in [3.63, 3.8) is 0 Å². The van der Waals surface area contributed by atoms with Crippen LogP contribution < -0.4 is 0 Å². The maximum absolute atomic E-state index is 10.7. The maximum atomic E-state index is 10.7. The number of phosphoric ester groups is 1. The standard InChI is InChI=1S/C18H37Cl2O4P/c1-2-3-4-5-6-7-8-9-10-11-12-13-14-15-16-17-18(19,20)24-25(21,22)23/h2-17H2,1H3,(H2,21,22,23). The number of alkyl halides is 2. The summed E-state index contributed by atoms with van der Waals surface area (Å²) >= 11 is 11.5. The summed E-state index contributed by atoms with van der Waals surface area (Å²) in [6, 6.07) is 0. The summed E-state index contributed by atoms with van der Waals surface area (Å²) in [5.74, 6) is 0. The molecule has 0 saturated heterocycles. The minimum atomic E-state index is -4.64. The van der Waals surface area contributed by atoms with Crippen molar-refractivity contribution in [3.05, 3.63) is 0 Å². The van der Waals surface area contributed by atoms with Gasteiger partial charge in [0.2, 0.25) is 4.52 Å². The molecule has 0 spiro atoms. The molecule has 2 N–H and O–H groups in total. The number of phosphoric acid groups is 1. The van der Waals surface area contributed by atoms with Crippen molar-refractivity contribution in [1.29, 1.82) is 0 Å². The van der Waals surface area contributed by atoms with Gasteiger partial charge in [0.05, 0.1) is 0 Å². The average molecular weight is 419 g/mol. The Labute approximate surface area is 164 Å². The van der Waals surface area contributed by atoms with Gasteiger partial charge in [0, 0.05) is 6.42 Å². The monoisotopic (exact) mass is 418 g/mol. The van der Waals surface area contributed by atoms with E-state index in [4.69, 9.17) is 33.0 Å². The van der Waals surface area contributed by atoms with E-state index in [0.29, 0.717) is 6.42 Å². The Kier molecular flexibility index (Phi) is 16.2. The van der Waals surface area contributed by atoms with Crippen LogP contribution in [0.25, 0.3) is 0 Å². The molecule has 7 heteroatoms. The van der Waals surface area contributed by atoms with Gasteiger partial charge in [0.15, 0.2) is 0 Å². The molecule has 0 aromatic rings. The molecule has 152 valence electrons. The highest BCUT2D eigenvalue weighted by Crippen LogP contribution is 2.46. The predicted molar refractivity (Wildman–Crippen MR) is 107 cm³/mol. The normalized spacial score (nSPS) is 12.7. The molecule has 0 fully saturated rings. The van der Waals surface area contributed by atoms with Crippen LogP contribution in [0.15, 0.2) is 0 Å². The van der Waals surface area contributed by atoms with Gasteiger partial charge in [0.1, 0.15) is 0 Å². The molecule has 0 amide bonds. The number of halogens is 2. The predicted octanol–water partition coefficient (Wildman–Crippen LogP) is 7.49. The van der Waals surface area contributed by atoms with Crippen molar-refractivity contribution in [2.24, 2.45) is 0 Å². The first-order valence-electron chi connectivity index (χ1n) is 9.91. The Morgan fingerprint density at radius 1 is 0.720 bits per heavy atom. The highest BCUT2D eigenvalue weighted by molar-refractivity contribution is 7.46. The number of rotatable bonds is 18. The van der Waals surface area contributed by atoms with E-state index < -0.39 is 12.3 Å². The Morgan fingerprint density at radius 3 is 1.36 bits per heavy atom. The van der Waals surface area contributed by atoms with E-state index in [0.717, 1.165) is 12.8 Å². The zero-order valence-electron chi connectivity index (χ0n) is 15.7. The second-order valence-electron chi connectivity index (χ2n) is 6.92. The van der Waals surface area contributed by atoms with Crippen molar-refractivity contribution in [2.75, 3.05) is 0 Å². The third-order valence-corrected chi connectivity index (χ3v) is 5.62. The van der Waals surface area contributed by atoms with Crippen LogP contribution in [0.5, 0.6) is 0 Å². The molecule has 0 unspecified atom stereocenters. The van der Waals surface area contributed by atoms with Gasteiger partial charge in [-0.2, -0.15) is 0 Å². The average Bonchev–Trinajstić information content (AvgIpc) is 2.48. The first-order chi connectivity index (χ1) is 11.8. The highest BCUT2D eigenvalue weighted by atomic mass is 35.5. The van der Waals surface area contributed by atoms with E-state index >= 15 is 0 Å². The zero-order valence-corrected chi connectivity index (χ0v) is 18.1. The Balaban J connectivity index is 3.28. The third kappa shape index (κ3) is 20.9. The number of unbranched alkanes of at least 4 members (excludes halogenated alkanes) is 14. The lowest BCUT2D eigenvalue weighted by Crippen LogP contribution is -2.15. The highest BCUT2D eigenvalue weighted by Gasteiger charge is 2.33. The van der Waals surface area contributed by atoms with Crippen molar-refractivity contribution in [3.8, 4) is 0 Å². The largest absolute Gasteiger partial charge is 0.472 e. The Morgan fingerprint density at radius 2 is 1.04 bits per heavy atom. The lowest BCUT2D eigenvalue weighted by Gasteiger charge is -2.19. The van der Waals surface area contributed by atoms with Gasteiger partial charge in [-0.1, -0.05) is 120 Å². The molecule has 0 aliphatic rings. The molecular formula is C18H37Cl2O4P. The summed E-state index contributed by atoms with van der Waals surface area (Å²) < 4.78 is 13.3. The molecular weight excluding hydrogens is 382 g/mol. The summed E-state index contributed by atoms with van der Waals surface area (Å²) in [6.45, 7) is 2.25. The summed E-state index contributed by atoms with van der Waals surface area (Å²) in [5, 5.41) is 0. The fourth-order valence-corrected chi connectivity index (χ4v) is 4.17. The smallest absolute Gasteiger partial charge is 0.303 e. The summed E-state index contributed by atoms with van der Waals surface area (Å²) in [6.07, 6.45) is 19.1. The van der Waals surface area contributed by atoms with E-state index in [1.807, 2.05) is 0 Å². The maximum Gasteiger partial charge on any atom is 0.472 e. The molecule has 25 heavy (non-hydrogen) atoms. The molecule has 0 bridgehead atoms. The lowest BCUT2D eigenvalue weighted by atomic mass is 10.0. The SMILES string of the molecule is CCCCCCCCCCCCCCCCCC(Cl)(Cl)OP(=O)(O)O. The summed E-state index contributed by atoms with van der Waals surface area (Å²) in [5.41, 5.74) is 0. The van der Waals surface area contributed by atoms with E-state index in [1.54, 1.807) is 0 Å². The van der Waals surface area contributed by atoms with Gasteiger partial charge in [-0.15, -0.1) is 0 Å². The van der Waals surface area contributed by atoms with Crippen LogP contribution in [0, 0.1) is 0 Å². The minimum absolute atomic E-state index is 0.222. The third-order valence-electron chi connectivity index (χ3n) is 4.32.